The molecule has 0 aliphatic heterocycles. The summed E-state index contributed by atoms with van der Waals surface area (Å²) in [5.74, 6) is 0. The molecule has 0 fully saturated rings. The molecule has 0 aromatic rings. The smallest absolute Gasteiger partial charge is 0.434 e. The second-order valence-electron chi connectivity index (χ2n) is 5.88. The van der Waals surface area contributed by atoms with E-state index in [-0.39, 0.29) is 51.7 Å². The highest BCUT2D eigenvalue weighted by Crippen LogP contribution is 2.08. The van der Waals surface area contributed by atoms with Gasteiger partial charge in [0.15, 0.2) is 0 Å². The summed E-state index contributed by atoms with van der Waals surface area (Å²) < 4.78 is 9.53. The van der Waals surface area contributed by atoms with Crippen LogP contribution in [0, 0.1) is 40.5 Å². The van der Waals surface area contributed by atoms with E-state index in [2.05, 4.69) is 19.4 Å². The molecule has 0 aliphatic rings. The van der Waals surface area contributed by atoms with Crippen LogP contribution in [0.4, 0.5) is 4.79 Å². The van der Waals surface area contributed by atoms with Gasteiger partial charge in [-0.05, 0) is 38.5 Å². The van der Waals surface area contributed by atoms with Crippen molar-refractivity contribution in [3.63, 3.8) is 0 Å². The molecule has 2 atom stereocenters. The first kappa shape index (κ1) is 28.1. The Labute approximate surface area is 178 Å². The van der Waals surface area contributed by atoms with Crippen LogP contribution in [0.2, 0.25) is 0 Å². The van der Waals surface area contributed by atoms with E-state index in [0.717, 1.165) is 0 Å². The van der Waals surface area contributed by atoms with E-state index in [1.807, 2.05) is 0 Å². The van der Waals surface area contributed by atoms with Crippen LogP contribution in [0.15, 0.2) is 0 Å². The first-order chi connectivity index (χ1) is 15.1. The zero-order valence-corrected chi connectivity index (χ0v) is 16.6. The second kappa shape index (κ2) is 16.8. The molecule has 0 N–H and O–H groups in total. The van der Waals surface area contributed by atoms with Crippen molar-refractivity contribution in [3.8, 4) is 0 Å². The molecule has 0 unspecified atom stereocenters. The van der Waals surface area contributed by atoms with Crippen molar-refractivity contribution in [1.82, 2.24) is 0 Å². The van der Waals surface area contributed by atoms with Gasteiger partial charge < -0.3 is 28.8 Å². The summed E-state index contributed by atoms with van der Waals surface area (Å²) in [7, 11) is 0. The van der Waals surface area contributed by atoms with Crippen LogP contribution in [0.5, 0.6) is 0 Å². The summed E-state index contributed by atoms with van der Waals surface area (Å²) in [6.07, 6.45) is -2.13. The maximum absolute atomic E-state index is 11.4. The Morgan fingerprint density at radius 3 is 1.31 bits per heavy atom. The minimum atomic E-state index is -1.15. The Morgan fingerprint density at radius 2 is 1.00 bits per heavy atom. The molecule has 0 saturated heterocycles. The minimum Gasteiger partial charge on any atom is -0.434 e. The SMILES string of the molecule is O=C(OCCCC[C@@H](CO[N+](=O)[O-])O[N+](=O)[O-])OCCCC[C@@H](CO[N+](=O)[O-])O[N+](=O)[O-]. The highest BCUT2D eigenvalue weighted by atomic mass is 17.0. The summed E-state index contributed by atoms with van der Waals surface area (Å²) >= 11 is 0. The summed E-state index contributed by atoms with van der Waals surface area (Å²) in [6, 6.07) is 0. The van der Waals surface area contributed by atoms with E-state index in [9.17, 15) is 45.3 Å². The molecule has 0 saturated carbocycles. The molecular weight excluding hydrogens is 452 g/mol. The van der Waals surface area contributed by atoms with Crippen molar-refractivity contribution in [2.75, 3.05) is 26.4 Å². The quantitative estimate of drug-likeness (QED) is 0.103. The van der Waals surface area contributed by atoms with Crippen LogP contribution in [0.25, 0.3) is 0 Å². The van der Waals surface area contributed by atoms with Gasteiger partial charge in [-0.2, -0.15) is 0 Å². The molecule has 0 amide bonds. The zero-order valence-electron chi connectivity index (χ0n) is 16.6. The fourth-order valence-corrected chi connectivity index (χ4v) is 2.17. The average molecular weight is 474 g/mol. The number of carbonyl (C=O) groups excluding carboxylic acids is 1. The van der Waals surface area contributed by atoms with E-state index in [1.54, 1.807) is 0 Å². The molecule has 0 spiro atoms. The third-order valence-corrected chi connectivity index (χ3v) is 3.48. The standard InChI is InChI=1S/C13H22N4O15/c18-13(27-7-3-1-5-11(31-16(23)24)9-29-14(19)20)28-8-4-2-6-12(32-17(25)26)10-30-15(21)22/h11-12H,1-10H2/t11-,12-/m0/s1. The zero-order chi connectivity index (χ0) is 24.4. The Hall–Kier alpha value is -3.93. The molecule has 19 nitrogen and oxygen atoms in total. The van der Waals surface area contributed by atoms with E-state index in [1.165, 1.54) is 0 Å². The maximum Gasteiger partial charge on any atom is 0.508 e. The van der Waals surface area contributed by atoms with Crippen molar-refractivity contribution in [2.45, 2.75) is 50.7 Å². The Morgan fingerprint density at radius 1 is 0.625 bits per heavy atom. The van der Waals surface area contributed by atoms with E-state index in [0.29, 0.717) is 0 Å². The van der Waals surface area contributed by atoms with E-state index >= 15 is 0 Å². The number of ether oxygens (including phenoxy) is 2. The van der Waals surface area contributed by atoms with Crippen LogP contribution in [-0.2, 0) is 28.8 Å². The lowest BCUT2D eigenvalue weighted by molar-refractivity contribution is -0.790. The first-order valence-corrected chi connectivity index (χ1v) is 9.06. The summed E-state index contributed by atoms with van der Waals surface area (Å²) in [5.41, 5.74) is 0. The Balaban J connectivity index is 3.91. The van der Waals surface area contributed by atoms with Gasteiger partial charge in [0.2, 0.25) is 0 Å². The number of carbonyl (C=O) groups is 1. The lowest BCUT2D eigenvalue weighted by Gasteiger charge is -2.13. The molecule has 0 aromatic heterocycles. The molecule has 0 bridgehead atoms. The molecule has 0 radical (unpaired) electrons. The maximum atomic E-state index is 11.4. The largest absolute Gasteiger partial charge is 0.508 e. The van der Waals surface area contributed by atoms with Crippen LogP contribution in [0.1, 0.15) is 38.5 Å². The van der Waals surface area contributed by atoms with Crippen molar-refractivity contribution in [2.24, 2.45) is 0 Å². The Bertz CT molecular complexity index is 568. The van der Waals surface area contributed by atoms with Gasteiger partial charge in [-0.3, -0.25) is 0 Å². The van der Waals surface area contributed by atoms with Crippen molar-refractivity contribution >= 4 is 6.16 Å². The van der Waals surface area contributed by atoms with Gasteiger partial charge >= 0.3 is 6.16 Å². The third-order valence-electron chi connectivity index (χ3n) is 3.48. The molecular formula is C13H22N4O15. The van der Waals surface area contributed by atoms with Crippen molar-refractivity contribution in [1.29, 1.82) is 0 Å². The normalized spacial score (nSPS) is 12.0. The van der Waals surface area contributed by atoms with Gasteiger partial charge in [0, 0.05) is 0 Å². The van der Waals surface area contributed by atoms with Crippen molar-refractivity contribution in [3.05, 3.63) is 40.5 Å². The number of unbranched alkanes of at least 4 members (excludes halogenated alkanes) is 2. The summed E-state index contributed by atoms with van der Waals surface area (Å²) in [5, 5.41) is 36.5. The van der Waals surface area contributed by atoms with Crippen LogP contribution in [0.3, 0.4) is 0 Å². The van der Waals surface area contributed by atoms with Crippen molar-refractivity contribution < 1.29 is 54.0 Å². The number of hydrogen-bond donors (Lipinski definition) is 0. The summed E-state index contributed by atoms with van der Waals surface area (Å²) in [6.45, 7) is -1.42. The van der Waals surface area contributed by atoms with Crippen LogP contribution < -0.4 is 0 Å². The molecule has 184 valence electrons. The van der Waals surface area contributed by atoms with Gasteiger partial charge in [-0.15, -0.1) is 40.5 Å². The van der Waals surface area contributed by atoms with Gasteiger partial charge in [0.1, 0.15) is 25.4 Å². The Kier molecular flexibility index (Phi) is 14.8. The second-order valence-corrected chi connectivity index (χ2v) is 5.88. The monoisotopic (exact) mass is 474 g/mol. The van der Waals surface area contributed by atoms with Gasteiger partial charge in [-0.25, -0.2) is 4.79 Å². The lowest BCUT2D eigenvalue weighted by Crippen LogP contribution is -2.24. The molecule has 32 heavy (non-hydrogen) atoms. The fourth-order valence-electron chi connectivity index (χ4n) is 2.17. The molecule has 19 heteroatoms. The van der Waals surface area contributed by atoms with Gasteiger partial charge in [0.25, 0.3) is 20.3 Å². The molecule has 0 aromatic carbocycles. The molecule has 0 aliphatic carbocycles. The number of hydrogen-bond acceptors (Lipinski definition) is 15. The predicted octanol–water partition coefficient (Wildman–Crippen LogP) is 1.05. The average Bonchev–Trinajstić information content (AvgIpc) is 2.68. The van der Waals surface area contributed by atoms with Gasteiger partial charge in [0.05, 0.1) is 13.2 Å². The summed E-state index contributed by atoms with van der Waals surface area (Å²) in [4.78, 5) is 68.9. The lowest BCUT2D eigenvalue weighted by atomic mass is 10.2. The van der Waals surface area contributed by atoms with Crippen LogP contribution in [-0.4, -0.2) is 65.1 Å². The number of rotatable bonds is 20. The molecule has 0 rings (SSSR count). The van der Waals surface area contributed by atoms with Gasteiger partial charge in [-0.1, -0.05) is 0 Å². The van der Waals surface area contributed by atoms with E-state index in [4.69, 9.17) is 9.47 Å². The number of nitrogens with zero attached hydrogens (tertiary/aromatic N) is 4. The van der Waals surface area contributed by atoms with E-state index < -0.39 is 51.9 Å². The minimum absolute atomic E-state index is 0.0424. The van der Waals surface area contributed by atoms with Crippen LogP contribution >= 0.6 is 0 Å². The molecule has 0 heterocycles. The first-order valence-electron chi connectivity index (χ1n) is 9.06. The fraction of sp³-hybridized carbons (Fsp3) is 0.923. The topological polar surface area (TPSA) is 245 Å². The third kappa shape index (κ3) is 18.1. The highest BCUT2D eigenvalue weighted by Gasteiger charge is 2.17. The highest BCUT2D eigenvalue weighted by molar-refractivity contribution is 5.59. The predicted molar refractivity (Wildman–Crippen MR) is 94.6 cm³/mol.